The normalized spacial score (nSPS) is 17.4. The van der Waals surface area contributed by atoms with Crippen molar-refractivity contribution in [1.82, 2.24) is 4.90 Å². The van der Waals surface area contributed by atoms with Crippen molar-refractivity contribution in [2.24, 2.45) is 0 Å². The molecule has 2 atom stereocenters. The molecule has 1 aliphatic heterocycles. The number of carboxylic acid groups (broad SMARTS) is 1. The van der Waals surface area contributed by atoms with Gasteiger partial charge in [0.2, 0.25) is 5.91 Å². The summed E-state index contributed by atoms with van der Waals surface area (Å²) in [5.74, 6) is 1.08. The fourth-order valence-electron chi connectivity index (χ4n) is 4.17. The van der Waals surface area contributed by atoms with E-state index in [1.54, 1.807) is 6.08 Å². The molecular weight excluding hydrogens is 406 g/mol. The average Bonchev–Trinajstić information content (AvgIpc) is 3.35. The Bertz CT molecular complexity index is 932. The Hall–Kier alpha value is -2.86. The van der Waals surface area contributed by atoms with E-state index in [0.717, 1.165) is 48.3 Å². The molecule has 6 nitrogen and oxygen atoms in total. The summed E-state index contributed by atoms with van der Waals surface area (Å²) < 4.78 is 5.69. The molecule has 0 radical (unpaired) electrons. The van der Waals surface area contributed by atoms with Crippen molar-refractivity contribution >= 4 is 11.9 Å². The van der Waals surface area contributed by atoms with Gasteiger partial charge < -0.3 is 19.5 Å². The second-order valence-corrected chi connectivity index (χ2v) is 8.52. The quantitative estimate of drug-likeness (QED) is 0.368. The molecule has 2 N–H and O–H groups in total. The summed E-state index contributed by atoms with van der Waals surface area (Å²) in [5.41, 5.74) is 2.01. The van der Waals surface area contributed by atoms with Crippen LogP contribution in [0.2, 0.25) is 0 Å². The number of hydrogen-bond acceptors (Lipinski definition) is 4. The van der Waals surface area contributed by atoms with E-state index in [1.165, 1.54) is 0 Å². The molecule has 0 saturated carbocycles. The van der Waals surface area contributed by atoms with Crippen LogP contribution < -0.4 is 0 Å². The first-order valence-corrected chi connectivity index (χ1v) is 11.5. The number of aliphatic hydroxyl groups is 1. The lowest BCUT2D eigenvalue weighted by molar-refractivity contribution is -0.137. The van der Waals surface area contributed by atoms with Crippen LogP contribution in [0, 0.1) is 6.92 Å². The van der Waals surface area contributed by atoms with E-state index in [0.29, 0.717) is 25.8 Å². The van der Waals surface area contributed by atoms with Crippen molar-refractivity contribution in [3.63, 3.8) is 0 Å². The lowest BCUT2D eigenvalue weighted by atomic mass is 10.0. The molecule has 2 aromatic rings. The van der Waals surface area contributed by atoms with Crippen LogP contribution in [0.5, 0.6) is 0 Å². The van der Waals surface area contributed by atoms with Crippen molar-refractivity contribution in [2.45, 2.75) is 70.4 Å². The SMILES string of the molecule is Cc1ccc(-c2cccc(C[C@H](O)C=C[C@H]3CCC(=O)N3CCCCCCC(=O)O)c2)o1. The summed E-state index contributed by atoms with van der Waals surface area (Å²) in [4.78, 5) is 24.7. The second-order valence-electron chi connectivity index (χ2n) is 8.52. The predicted molar refractivity (Wildman–Crippen MR) is 123 cm³/mol. The number of nitrogens with zero attached hydrogens (tertiary/aromatic N) is 1. The van der Waals surface area contributed by atoms with E-state index in [-0.39, 0.29) is 18.4 Å². The van der Waals surface area contributed by atoms with E-state index >= 15 is 0 Å². The fraction of sp³-hybridized carbons (Fsp3) is 0.462. The number of aliphatic carboxylic acids is 1. The average molecular weight is 440 g/mol. The predicted octanol–water partition coefficient (Wildman–Crippen LogP) is 4.74. The molecule has 1 aromatic carbocycles. The summed E-state index contributed by atoms with van der Waals surface area (Å²) in [6.45, 7) is 2.60. The van der Waals surface area contributed by atoms with Crippen molar-refractivity contribution in [3.05, 3.63) is 59.9 Å². The third kappa shape index (κ3) is 7.09. The van der Waals surface area contributed by atoms with Crippen molar-refractivity contribution in [3.8, 4) is 11.3 Å². The number of aryl methyl sites for hydroxylation is 1. The van der Waals surface area contributed by atoms with E-state index in [4.69, 9.17) is 9.52 Å². The third-order valence-corrected chi connectivity index (χ3v) is 5.87. The van der Waals surface area contributed by atoms with E-state index < -0.39 is 12.1 Å². The van der Waals surface area contributed by atoms with Gasteiger partial charge in [0, 0.05) is 31.4 Å². The van der Waals surface area contributed by atoms with Gasteiger partial charge in [-0.3, -0.25) is 9.59 Å². The van der Waals surface area contributed by atoms with Gasteiger partial charge in [-0.1, -0.05) is 43.2 Å². The van der Waals surface area contributed by atoms with Gasteiger partial charge in [-0.2, -0.15) is 0 Å². The molecular formula is C26H33NO5. The molecule has 3 rings (SSSR count). The molecule has 1 saturated heterocycles. The molecule has 1 fully saturated rings. The summed E-state index contributed by atoms with van der Waals surface area (Å²) in [7, 11) is 0. The maximum atomic E-state index is 12.2. The number of amides is 1. The molecule has 0 unspecified atom stereocenters. The molecule has 1 amide bonds. The van der Waals surface area contributed by atoms with Gasteiger partial charge in [-0.05, 0) is 49.9 Å². The number of rotatable bonds is 12. The van der Waals surface area contributed by atoms with Crippen molar-refractivity contribution < 1.29 is 24.2 Å². The molecule has 172 valence electrons. The highest BCUT2D eigenvalue weighted by Gasteiger charge is 2.28. The molecule has 1 aliphatic rings. The monoisotopic (exact) mass is 439 g/mol. The summed E-state index contributed by atoms with van der Waals surface area (Å²) in [6, 6.07) is 11.9. The molecule has 32 heavy (non-hydrogen) atoms. The lowest BCUT2D eigenvalue weighted by Gasteiger charge is -2.22. The van der Waals surface area contributed by atoms with Gasteiger partial charge in [0.15, 0.2) is 0 Å². The van der Waals surface area contributed by atoms with Crippen molar-refractivity contribution in [2.75, 3.05) is 6.54 Å². The Kier molecular flexibility index (Phi) is 8.68. The van der Waals surface area contributed by atoms with Crippen LogP contribution in [0.1, 0.15) is 56.3 Å². The Morgan fingerprint density at radius 2 is 2.03 bits per heavy atom. The van der Waals surface area contributed by atoms with Crippen LogP contribution in [-0.2, 0) is 16.0 Å². The zero-order valence-electron chi connectivity index (χ0n) is 18.7. The molecule has 0 spiro atoms. The minimum absolute atomic E-state index is 0.0218. The standard InChI is InChI=1S/C26H33NO5/c1-19-10-14-24(32-19)21-8-6-7-20(17-21)18-23(28)13-11-22-12-15-25(29)27(22)16-5-3-2-4-9-26(30)31/h6-8,10-11,13-14,17,22-23,28H,2-5,9,12,15-16,18H2,1H3,(H,30,31)/t22-,23+/m0/s1. The number of likely N-dealkylation sites (tertiary alicyclic amines) is 1. The van der Waals surface area contributed by atoms with Gasteiger partial charge in [0.05, 0.1) is 12.1 Å². The van der Waals surface area contributed by atoms with Gasteiger partial charge in [-0.15, -0.1) is 0 Å². The third-order valence-electron chi connectivity index (χ3n) is 5.87. The minimum atomic E-state index is -0.758. The van der Waals surface area contributed by atoms with E-state index in [1.807, 2.05) is 54.3 Å². The van der Waals surface area contributed by atoms with Gasteiger partial charge in [0.25, 0.3) is 0 Å². The van der Waals surface area contributed by atoms with Crippen LogP contribution in [0.15, 0.2) is 53.0 Å². The number of hydrogen-bond donors (Lipinski definition) is 2. The first kappa shape index (κ1) is 23.8. The Morgan fingerprint density at radius 3 is 2.78 bits per heavy atom. The summed E-state index contributed by atoms with van der Waals surface area (Å²) in [6.07, 6.45) is 8.47. The van der Waals surface area contributed by atoms with Crippen LogP contribution in [0.3, 0.4) is 0 Å². The second kappa shape index (κ2) is 11.7. The number of carbonyl (C=O) groups excluding carboxylic acids is 1. The molecule has 6 heteroatoms. The zero-order chi connectivity index (χ0) is 22.9. The number of unbranched alkanes of at least 4 members (excludes halogenated alkanes) is 3. The van der Waals surface area contributed by atoms with Crippen LogP contribution in [0.25, 0.3) is 11.3 Å². The maximum Gasteiger partial charge on any atom is 0.303 e. The number of carbonyl (C=O) groups is 2. The van der Waals surface area contributed by atoms with Gasteiger partial charge >= 0.3 is 5.97 Å². The van der Waals surface area contributed by atoms with E-state index in [2.05, 4.69) is 0 Å². The first-order valence-electron chi connectivity index (χ1n) is 11.5. The molecule has 2 heterocycles. The van der Waals surface area contributed by atoms with Gasteiger partial charge in [0.1, 0.15) is 11.5 Å². The topological polar surface area (TPSA) is 91.0 Å². The molecule has 0 aliphatic carbocycles. The number of benzene rings is 1. The van der Waals surface area contributed by atoms with Crippen molar-refractivity contribution in [1.29, 1.82) is 0 Å². The highest BCUT2D eigenvalue weighted by atomic mass is 16.4. The smallest absolute Gasteiger partial charge is 0.303 e. The zero-order valence-corrected chi connectivity index (χ0v) is 18.7. The van der Waals surface area contributed by atoms with Crippen LogP contribution in [-0.4, -0.2) is 45.7 Å². The molecule has 1 aromatic heterocycles. The van der Waals surface area contributed by atoms with Crippen LogP contribution in [0.4, 0.5) is 0 Å². The first-order chi connectivity index (χ1) is 15.4. The highest BCUT2D eigenvalue weighted by molar-refractivity contribution is 5.79. The number of aliphatic hydroxyl groups excluding tert-OH is 1. The Balaban J connectivity index is 1.49. The fourth-order valence-corrected chi connectivity index (χ4v) is 4.17. The highest BCUT2D eigenvalue weighted by Crippen LogP contribution is 2.24. The lowest BCUT2D eigenvalue weighted by Crippen LogP contribution is -2.32. The maximum absolute atomic E-state index is 12.2. The summed E-state index contributed by atoms with van der Waals surface area (Å²) in [5, 5.41) is 19.2. The Morgan fingerprint density at radius 1 is 1.22 bits per heavy atom. The number of carboxylic acids is 1. The number of furan rings is 1. The Labute approximate surface area is 189 Å². The molecule has 0 bridgehead atoms. The summed E-state index contributed by atoms with van der Waals surface area (Å²) >= 11 is 0. The van der Waals surface area contributed by atoms with Crippen LogP contribution >= 0.6 is 0 Å². The van der Waals surface area contributed by atoms with Gasteiger partial charge in [-0.25, -0.2) is 0 Å². The minimum Gasteiger partial charge on any atom is -0.481 e. The largest absolute Gasteiger partial charge is 0.481 e. The van der Waals surface area contributed by atoms with E-state index in [9.17, 15) is 14.7 Å².